The highest BCUT2D eigenvalue weighted by Gasteiger charge is 2.19. The lowest BCUT2D eigenvalue weighted by Crippen LogP contribution is -2.02. The summed E-state index contributed by atoms with van der Waals surface area (Å²) in [6.07, 6.45) is 1.54. The van der Waals surface area contributed by atoms with Gasteiger partial charge >= 0.3 is 0 Å². The fourth-order valence-corrected chi connectivity index (χ4v) is 3.10. The molecule has 0 atom stereocenters. The highest BCUT2D eigenvalue weighted by molar-refractivity contribution is 9.10. The molecule has 0 unspecified atom stereocenters. The van der Waals surface area contributed by atoms with Crippen molar-refractivity contribution in [1.29, 1.82) is 0 Å². The van der Waals surface area contributed by atoms with E-state index in [9.17, 15) is 4.39 Å². The molecule has 5 heteroatoms. The van der Waals surface area contributed by atoms with Crippen LogP contribution in [0.1, 0.15) is 21.6 Å². The van der Waals surface area contributed by atoms with E-state index in [1.807, 2.05) is 6.92 Å². The van der Waals surface area contributed by atoms with Crippen LogP contribution in [0.25, 0.3) is 6.08 Å². The Bertz CT molecular complexity index is 359. The average Bonchev–Trinajstić information content (AvgIpc) is 2.50. The smallest absolute Gasteiger partial charge is 0.192 e. The maximum atomic E-state index is 12.1. The Labute approximate surface area is 101 Å². The van der Waals surface area contributed by atoms with Crippen molar-refractivity contribution in [2.24, 2.45) is 0 Å². The maximum Gasteiger partial charge on any atom is 0.192 e. The summed E-state index contributed by atoms with van der Waals surface area (Å²) in [6, 6.07) is 0. The highest BCUT2D eigenvalue weighted by Crippen LogP contribution is 2.38. The number of halogens is 2. The average molecular weight is 295 g/mol. The molecule has 0 aliphatic carbocycles. The van der Waals surface area contributed by atoms with Crippen LogP contribution in [-0.4, -0.2) is 14.2 Å². The molecule has 15 heavy (non-hydrogen) atoms. The summed E-state index contributed by atoms with van der Waals surface area (Å²) in [5.41, 5.74) is 1.02. The molecular weight excluding hydrogens is 283 g/mol. The number of hydrogen-bond acceptors (Lipinski definition) is 3. The molecule has 0 aliphatic heterocycles. The lowest BCUT2D eigenvalue weighted by molar-refractivity contribution is -0.103. The molecule has 2 nitrogen and oxygen atoms in total. The van der Waals surface area contributed by atoms with E-state index < -0.39 is 6.29 Å². The minimum absolute atomic E-state index is 0.395. The van der Waals surface area contributed by atoms with E-state index in [0.717, 1.165) is 19.8 Å². The molecule has 1 aromatic rings. The summed E-state index contributed by atoms with van der Waals surface area (Å²) >= 11 is 4.85. The first-order valence-corrected chi connectivity index (χ1v) is 5.87. The molecule has 0 N–H and O–H groups in total. The van der Waals surface area contributed by atoms with Crippen molar-refractivity contribution < 1.29 is 13.9 Å². The molecule has 0 bridgehead atoms. The van der Waals surface area contributed by atoms with Gasteiger partial charge in [-0.1, -0.05) is 0 Å². The molecule has 0 fully saturated rings. The number of hydrogen-bond donors (Lipinski definition) is 0. The predicted octanol–water partition coefficient (Wildman–Crippen LogP) is 4.05. The van der Waals surface area contributed by atoms with E-state index >= 15 is 0 Å². The Kier molecular flexibility index (Phi) is 4.92. The summed E-state index contributed by atoms with van der Waals surface area (Å²) in [6.45, 7) is 1.94. The molecule has 84 valence electrons. The Morgan fingerprint density at radius 1 is 1.40 bits per heavy atom. The van der Waals surface area contributed by atoms with Crippen LogP contribution in [0.5, 0.6) is 0 Å². The minimum Gasteiger partial charge on any atom is -0.351 e. The largest absolute Gasteiger partial charge is 0.351 e. The van der Waals surface area contributed by atoms with Crippen LogP contribution in [0.3, 0.4) is 0 Å². The summed E-state index contributed by atoms with van der Waals surface area (Å²) in [4.78, 5) is 1.77. The minimum atomic E-state index is -0.395. The second-order valence-corrected chi connectivity index (χ2v) is 4.74. The molecule has 0 amide bonds. The zero-order valence-electron chi connectivity index (χ0n) is 8.71. The van der Waals surface area contributed by atoms with Crippen molar-refractivity contribution in [2.45, 2.75) is 13.2 Å². The van der Waals surface area contributed by atoms with E-state index in [4.69, 9.17) is 9.47 Å². The van der Waals surface area contributed by atoms with Gasteiger partial charge in [-0.05, 0) is 34.5 Å². The van der Waals surface area contributed by atoms with Gasteiger partial charge in [0, 0.05) is 23.6 Å². The molecule has 0 radical (unpaired) electrons. The monoisotopic (exact) mass is 294 g/mol. The second-order valence-electron chi connectivity index (χ2n) is 2.87. The number of ether oxygens (including phenoxy) is 2. The first kappa shape index (κ1) is 12.8. The summed E-state index contributed by atoms with van der Waals surface area (Å²) < 4.78 is 23.3. The standard InChI is InChI=1S/C10H12BrFO2S/c1-6-8(11)7(4-5-12)15-9(6)10(13-2)14-3/h4-5,10H,1-3H3. The first-order valence-electron chi connectivity index (χ1n) is 4.26. The van der Waals surface area contributed by atoms with Crippen LogP contribution in [-0.2, 0) is 9.47 Å². The van der Waals surface area contributed by atoms with Crippen molar-refractivity contribution >= 4 is 33.3 Å². The van der Waals surface area contributed by atoms with Gasteiger partial charge in [0.2, 0.25) is 0 Å². The summed E-state index contributed by atoms with van der Waals surface area (Å²) in [7, 11) is 3.15. The van der Waals surface area contributed by atoms with E-state index in [1.54, 1.807) is 14.2 Å². The molecular formula is C10H12BrFO2S. The predicted molar refractivity (Wildman–Crippen MR) is 63.7 cm³/mol. The van der Waals surface area contributed by atoms with Crippen LogP contribution >= 0.6 is 27.3 Å². The fraction of sp³-hybridized carbons (Fsp3) is 0.400. The van der Waals surface area contributed by atoms with Gasteiger partial charge in [0.25, 0.3) is 0 Å². The van der Waals surface area contributed by atoms with Gasteiger partial charge in [-0.3, -0.25) is 0 Å². The van der Waals surface area contributed by atoms with E-state index in [-0.39, 0.29) is 0 Å². The van der Waals surface area contributed by atoms with Crippen molar-refractivity contribution in [3.63, 3.8) is 0 Å². The van der Waals surface area contributed by atoms with Crippen molar-refractivity contribution in [3.05, 3.63) is 26.1 Å². The van der Waals surface area contributed by atoms with E-state index in [2.05, 4.69) is 15.9 Å². The third-order valence-electron chi connectivity index (χ3n) is 1.99. The lowest BCUT2D eigenvalue weighted by atomic mass is 10.2. The van der Waals surface area contributed by atoms with Gasteiger partial charge in [-0.15, -0.1) is 11.3 Å². The molecule has 1 rings (SSSR count). The molecule has 1 aromatic heterocycles. The Morgan fingerprint density at radius 2 is 2.00 bits per heavy atom. The lowest BCUT2D eigenvalue weighted by Gasteiger charge is -2.12. The van der Waals surface area contributed by atoms with Crippen molar-refractivity contribution in [3.8, 4) is 0 Å². The van der Waals surface area contributed by atoms with Crippen LogP contribution in [0.15, 0.2) is 10.8 Å². The van der Waals surface area contributed by atoms with Gasteiger partial charge in [0.1, 0.15) is 0 Å². The number of rotatable bonds is 4. The number of methoxy groups -OCH3 is 2. The summed E-state index contributed by atoms with van der Waals surface area (Å²) in [5, 5.41) is 0. The highest BCUT2D eigenvalue weighted by atomic mass is 79.9. The molecule has 0 saturated carbocycles. The SMILES string of the molecule is COC(OC)c1sc(C=CF)c(Br)c1C. The van der Waals surface area contributed by atoms with Gasteiger partial charge in [-0.2, -0.15) is 0 Å². The fourth-order valence-electron chi connectivity index (χ4n) is 1.23. The maximum absolute atomic E-state index is 12.1. The van der Waals surface area contributed by atoms with Gasteiger partial charge in [0.15, 0.2) is 6.29 Å². The van der Waals surface area contributed by atoms with Crippen molar-refractivity contribution in [2.75, 3.05) is 14.2 Å². The molecule has 1 heterocycles. The van der Waals surface area contributed by atoms with E-state index in [0.29, 0.717) is 6.33 Å². The Balaban J connectivity index is 3.14. The topological polar surface area (TPSA) is 18.5 Å². The number of thiophene rings is 1. The van der Waals surface area contributed by atoms with Gasteiger partial charge in [0.05, 0.1) is 11.2 Å². The van der Waals surface area contributed by atoms with Crippen LogP contribution in [0.2, 0.25) is 0 Å². The molecule has 0 aliphatic rings. The first-order chi connectivity index (χ1) is 7.15. The quantitative estimate of drug-likeness (QED) is 0.780. The Hall–Kier alpha value is -0.230. The molecule has 0 saturated heterocycles. The Morgan fingerprint density at radius 3 is 2.47 bits per heavy atom. The van der Waals surface area contributed by atoms with Gasteiger partial charge in [-0.25, -0.2) is 4.39 Å². The molecule has 0 spiro atoms. The van der Waals surface area contributed by atoms with Crippen molar-refractivity contribution in [1.82, 2.24) is 0 Å². The van der Waals surface area contributed by atoms with Crippen LogP contribution in [0.4, 0.5) is 4.39 Å². The third-order valence-corrected chi connectivity index (χ3v) is 4.55. The second kappa shape index (κ2) is 5.75. The normalized spacial score (nSPS) is 11.9. The van der Waals surface area contributed by atoms with E-state index in [1.165, 1.54) is 17.4 Å². The zero-order valence-corrected chi connectivity index (χ0v) is 11.1. The zero-order chi connectivity index (χ0) is 11.4. The summed E-state index contributed by atoms with van der Waals surface area (Å²) in [5.74, 6) is 0. The molecule has 0 aromatic carbocycles. The van der Waals surface area contributed by atoms with Crippen LogP contribution in [0, 0.1) is 6.92 Å². The van der Waals surface area contributed by atoms with Crippen LogP contribution < -0.4 is 0 Å². The third kappa shape index (κ3) is 2.66. The van der Waals surface area contributed by atoms with Gasteiger partial charge < -0.3 is 9.47 Å².